The van der Waals surface area contributed by atoms with Crippen LogP contribution in [0.1, 0.15) is 43.1 Å². The summed E-state index contributed by atoms with van der Waals surface area (Å²) in [6.45, 7) is 6.27. The maximum Gasteiger partial charge on any atom is 0.142 e. The van der Waals surface area contributed by atoms with Crippen molar-refractivity contribution in [2.75, 3.05) is 0 Å². The minimum atomic E-state index is -0.850. The molecule has 1 unspecified atom stereocenters. The van der Waals surface area contributed by atoms with E-state index in [1.807, 2.05) is 5.38 Å². The first kappa shape index (κ1) is 15.4. The summed E-state index contributed by atoms with van der Waals surface area (Å²) in [6.07, 6.45) is -0.513. The van der Waals surface area contributed by atoms with E-state index in [1.165, 1.54) is 17.4 Å². The molecule has 1 aromatic carbocycles. The molecule has 1 atom stereocenters. The summed E-state index contributed by atoms with van der Waals surface area (Å²) in [4.78, 5) is 4.52. The fourth-order valence-electron chi connectivity index (χ4n) is 1.80. The van der Waals surface area contributed by atoms with Gasteiger partial charge in [0.05, 0.1) is 21.8 Å². The van der Waals surface area contributed by atoms with Gasteiger partial charge in [-0.15, -0.1) is 11.3 Å². The quantitative estimate of drug-likeness (QED) is 0.904. The first-order valence-electron chi connectivity index (χ1n) is 6.36. The first-order valence-corrected chi connectivity index (χ1v) is 7.61. The van der Waals surface area contributed by atoms with E-state index in [2.05, 4.69) is 25.8 Å². The number of aliphatic hydroxyl groups excluding tert-OH is 1. The highest BCUT2D eigenvalue weighted by molar-refractivity contribution is 7.09. The highest BCUT2D eigenvalue weighted by Gasteiger charge is 2.20. The Labute approximate surface area is 127 Å². The fraction of sp³-hybridized carbons (Fsp3) is 0.400. The molecule has 1 heterocycles. The minimum Gasteiger partial charge on any atom is -0.388 e. The van der Waals surface area contributed by atoms with Crippen LogP contribution >= 0.6 is 22.9 Å². The van der Waals surface area contributed by atoms with Crippen LogP contribution in [-0.2, 0) is 11.8 Å². The lowest BCUT2D eigenvalue weighted by Crippen LogP contribution is -2.12. The molecule has 2 rings (SSSR count). The second-order valence-electron chi connectivity index (χ2n) is 5.74. The number of hydrogen-bond donors (Lipinski definition) is 1. The minimum absolute atomic E-state index is 0.0177. The molecule has 0 aliphatic carbocycles. The van der Waals surface area contributed by atoms with Crippen molar-refractivity contribution in [1.29, 1.82) is 0 Å². The number of aliphatic hydroxyl groups is 1. The molecule has 0 aliphatic heterocycles. The van der Waals surface area contributed by atoms with Gasteiger partial charge < -0.3 is 5.11 Å². The molecule has 0 amide bonds. The van der Waals surface area contributed by atoms with Gasteiger partial charge in [0, 0.05) is 22.8 Å². The third kappa shape index (κ3) is 3.37. The summed E-state index contributed by atoms with van der Waals surface area (Å²) in [5.74, 6) is -0.516. The molecule has 0 spiro atoms. The molecule has 2 aromatic rings. The van der Waals surface area contributed by atoms with Crippen LogP contribution in [0.25, 0.3) is 0 Å². The molecule has 0 aliphatic rings. The molecule has 1 N–H and O–H groups in total. The molecule has 20 heavy (non-hydrogen) atoms. The summed E-state index contributed by atoms with van der Waals surface area (Å²) >= 11 is 7.38. The van der Waals surface area contributed by atoms with Crippen molar-refractivity contribution in [2.45, 2.75) is 38.7 Å². The van der Waals surface area contributed by atoms with E-state index < -0.39 is 11.9 Å². The van der Waals surface area contributed by atoms with Crippen molar-refractivity contribution in [3.05, 3.63) is 50.7 Å². The lowest BCUT2D eigenvalue weighted by Gasteiger charge is -2.14. The molecule has 0 saturated heterocycles. The second-order valence-corrected chi connectivity index (χ2v) is 7.06. The normalized spacial score (nSPS) is 13.5. The number of rotatable bonds is 3. The number of thiazole rings is 1. The lowest BCUT2D eigenvalue weighted by atomic mass is 9.93. The number of nitrogens with zero attached hydrogens (tertiary/aromatic N) is 1. The molecule has 0 radical (unpaired) electrons. The van der Waals surface area contributed by atoms with Gasteiger partial charge in [0.15, 0.2) is 0 Å². The van der Waals surface area contributed by atoms with E-state index in [0.717, 1.165) is 10.7 Å². The summed E-state index contributed by atoms with van der Waals surface area (Å²) in [5, 5.41) is 13.0. The van der Waals surface area contributed by atoms with Crippen molar-refractivity contribution >= 4 is 22.9 Å². The molecule has 108 valence electrons. The summed E-state index contributed by atoms with van der Waals surface area (Å²) in [6, 6.07) is 4.45. The highest BCUT2D eigenvalue weighted by atomic mass is 35.5. The van der Waals surface area contributed by atoms with E-state index >= 15 is 0 Å². The molecule has 2 nitrogen and oxygen atoms in total. The van der Waals surface area contributed by atoms with Gasteiger partial charge in [-0.1, -0.05) is 44.5 Å². The van der Waals surface area contributed by atoms with Gasteiger partial charge in [-0.2, -0.15) is 0 Å². The standard InChI is InChI=1S/C15H17ClFNOS/c1-15(2,3)12-8-20-13(18-12)7-11(19)9-5-4-6-10(17)14(9)16/h4-6,8,11,19H,7H2,1-3H3. The Kier molecular flexibility index (Phi) is 4.47. The summed E-state index contributed by atoms with van der Waals surface area (Å²) in [5.41, 5.74) is 1.38. The average Bonchev–Trinajstić information content (AvgIpc) is 2.81. The Morgan fingerprint density at radius 1 is 1.40 bits per heavy atom. The van der Waals surface area contributed by atoms with E-state index in [1.54, 1.807) is 12.1 Å². The van der Waals surface area contributed by atoms with E-state index in [4.69, 9.17) is 11.6 Å². The van der Waals surface area contributed by atoms with E-state index in [9.17, 15) is 9.50 Å². The topological polar surface area (TPSA) is 33.1 Å². The third-order valence-corrected chi connectivity index (χ3v) is 4.30. The van der Waals surface area contributed by atoms with Crippen molar-refractivity contribution in [3.63, 3.8) is 0 Å². The number of halogens is 2. The van der Waals surface area contributed by atoms with Crippen LogP contribution < -0.4 is 0 Å². The van der Waals surface area contributed by atoms with Gasteiger partial charge in [0.1, 0.15) is 5.82 Å². The third-order valence-electron chi connectivity index (χ3n) is 3.03. The van der Waals surface area contributed by atoms with Crippen LogP contribution in [0.3, 0.4) is 0 Å². The van der Waals surface area contributed by atoms with Gasteiger partial charge in [-0.3, -0.25) is 0 Å². The molecule has 5 heteroatoms. The summed E-state index contributed by atoms with van der Waals surface area (Å²) in [7, 11) is 0. The van der Waals surface area contributed by atoms with Crippen molar-refractivity contribution < 1.29 is 9.50 Å². The maximum atomic E-state index is 13.4. The van der Waals surface area contributed by atoms with Crippen LogP contribution in [0.2, 0.25) is 5.02 Å². The van der Waals surface area contributed by atoms with Gasteiger partial charge in [-0.05, 0) is 6.07 Å². The zero-order valence-corrected chi connectivity index (χ0v) is 13.2. The van der Waals surface area contributed by atoms with Gasteiger partial charge in [0.25, 0.3) is 0 Å². The predicted molar refractivity (Wildman–Crippen MR) is 80.9 cm³/mol. The van der Waals surface area contributed by atoms with Crippen molar-refractivity contribution in [1.82, 2.24) is 4.98 Å². The van der Waals surface area contributed by atoms with Crippen LogP contribution in [0.15, 0.2) is 23.6 Å². The molecule has 0 bridgehead atoms. The number of benzene rings is 1. The molecule has 0 fully saturated rings. The van der Waals surface area contributed by atoms with E-state index in [0.29, 0.717) is 12.0 Å². The second kappa shape index (κ2) is 5.80. The molecule has 1 aromatic heterocycles. The van der Waals surface area contributed by atoms with Crippen LogP contribution in [-0.4, -0.2) is 10.1 Å². The Morgan fingerprint density at radius 3 is 2.70 bits per heavy atom. The Bertz CT molecular complexity index is 606. The van der Waals surface area contributed by atoms with Gasteiger partial charge in [0.2, 0.25) is 0 Å². The molecule has 0 saturated carbocycles. The molecular formula is C15H17ClFNOS. The Balaban J connectivity index is 2.18. The monoisotopic (exact) mass is 313 g/mol. The van der Waals surface area contributed by atoms with Crippen LogP contribution in [0.5, 0.6) is 0 Å². The first-order chi connectivity index (χ1) is 9.29. The van der Waals surface area contributed by atoms with Gasteiger partial charge >= 0.3 is 0 Å². The number of hydrogen-bond acceptors (Lipinski definition) is 3. The zero-order chi connectivity index (χ0) is 14.9. The summed E-state index contributed by atoms with van der Waals surface area (Å²) < 4.78 is 13.4. The predicted octanol–water partition coefficient (Wildman–Crippen LogP) is 4.51. The Morgan fingerprint density at radius 2 is 2.10 bits per heavy atom. The Hall–Kier alpha value is -0.970. The van der Waals surface area contributed by atoms with E-state index in [-0.39, 0.29) is 10.4 Å². The maximum absolute atomic E-state index is 13.4. The van der Waals surface area contributed by atoms with Crippen molar-refractivity contribution in [3.8, 4) is 0 Å². The smallest absolute Gasteiger partial charge is 0.142 e. The fourth-order valence-corrected chi connectivity index (χ4v) is 3.11. The average molecular weight is 314 g/mol. The lowest BCUT2D eigenvalue weighted by molar-refractivity contribution is 0.178. The van der Waals surface area contributed by atoms with Crippen LogP contribution in [0.4, 0.5) is 4.39 Å². The van der Waals surface area contributed by atoms with Crippen molar-refractivity contribution in [2.24, 2.45) is 0 Å². The van der Waals surface area contributed by atoms with Crippen LogP contribution in [0, 0.1) is 5.82 Å². The molecular weight excluding hydrogens is 297 g/mol. The zero-order valence-electron chi connectivity index (χ0n) is 11.7. The number of aromatic nitrogens is 1. The largest absolute Gasteiger partial charge is 0.388 e. The SMILES string of the molecule is CC(C)(C)c1csc(CC(O)c2cccc(F)c2Cl)n1. The highest BCUT2D eigenvalue weighted by Crippen LogP contribution is 2.30. The van der Waals surface area contributed by atoms with Gasteiger partial charge in [-0.25, -0.2) is 9.37 Å².